The fraction of sp³-hybridized carbons (Fsp3) is 0.333. The van der Waals surface area contributed by atoms with Crippen LogP contribution >= 0.6 is 11.6 Å². The van der Waals surface area contributed by atoms with E-state index in [9.17, 15) is 14.4 Å². The zero-order valence-electron chi connectivity index (χ0n) is 10.6. The lowest BCUT2D eigenvalue weighted by molar-refractivity contribution is -0.133. The van der Waals surface area contributed by atoms with Gasteiger partial charge in [-0.2, -0.15) is 5.10 Å². The average Bonchev–Trinajstić information content (AvgIpc) is 2.41. The Balaban J connectivity index is 2.20. The smallest absolute Gasteiger partial charge is 0.287 e. The van der Waals surface area contributed by atoms with Gasteiger partial charge in [-0.3, -0.25) is 19.7 Å². The minimum absolute atomic E-state index is 0.0495. The van der Waals surface area contributed by atoms with Crippen LogP contribution in [-0.4, -0.2) is 27.6 Å². The first kappa shape index (κ1) is 14.3. The fourth-order valence-corrected chi connectivity index (χ4v) is 2.04. The molecule has 0 bridgehead atoms. The summed E-state index contributed by atoms with van der Waals surface area (Å²) in [6.07, 6.45) is 3.48. The predicted octanol–water partition coefficient (Wildman–Crippen LogP) is 0.300. The van der Waals surface area contributed by atoms with Crippen molar-refractivity contribution in [1.82, 2.24) is 15.1 Å². The third-order valence-corrected chi connectivity index (χ3v) is 3.22. The van der Waals surface area contributed by atoms with E-state index in [1.807, 2.05) is 0 Å². The Hall–Kier alpha value is -2.15. The third-order valence-electron chi connectivity index (χ3n) is 2.86. The van der Waals surface area contributed by atoms with Crippen LogP contribution in [0.15, 0.2) is 23.6 Å². The Kier molecular flexibility index (Phi) is 4.19. The number of rotatable bonds is 4. The van der Waals surface area contributed by atoms with E-state index < -0.39 is 17.5 Å². The fourth-order valence-electron chi connectivity index (χ4n) is 1.84. The van der Waals surface area contributed by atoms with Crippen molar-refractivity contribution < 1.29 is 9.59 Å². The van der Waals surface area contributed by atoms with Crippen molar-refractivity contribution in [3.8, 4) is 0 Å². The summed E-state index contributed by atoms with van der Waals surface area (Å²) in [5.74, 6) is -0.744. The van der Waals surface area contributed by atoms with Crippen molar-refractivity contribution in [3.05, 3.63) is 34.2 Å². The number of nitrogens with one attached hydrogen (secondary N) is 2. The molecule has 1 aromatic heterocycles. The van der Waals surface area contributed by atoms with E-state index >= 15 is 0 Å². The van der Waals surface area contributed by atoms with Gasteiger partial charge in [0, 0.05) is 6.42 Å². The van der Waals surface area contributed by atoms with Crippen molar-refractivity contribution in [2.75, 3.05) is 5.32 Å². The molecule has 8 heteroatoms. The van der Waals surface area contributed by atoms with Crippen LogP contribution in [0.25, 0.3) is 0 Å². The van der Waals surface area contributed by atoms with Gasteiger partial charge in [0.2, 0.25) is 11.8 Å². The SMILES string of the molecule is C=CCn1ncc(NC2CCC(=O)NC2=O)c(Cl)c1=O. The number of imide groups is 1. The van der Waals surface area contributed by atoms with Crippen LogP contribution in [0.4, 0.5) is 5.69 Å². The predicted molar refractivity (Wildman–Crippen MR) is 73.5 cm³/mol. The molecule has 0 radical (unpaired) electrons. The Morgan fingerprint density at radius 2 is 2.30 bits per heavy atom. The number of amides is 2. The third kappa shape index (κ3) is 2.88. The van der Waals surface area contributed by atoms with Gasteiger partial charge in [0.25, 0.3) is 5.56 Å². The number of piperidine rings is 1. The second-order valence-electron chi connectivity index (χ2n) is 4.30. The van der Waals surface area contributed by atoms with Crippen LogP contribution in [0.1, 0.15) is 12.8 Å². The van der Waals surface area contributed by atoms with Gasteiger partial charge in [-0.1, -0.05) is 17.7 Å². The summed E-state index contributed by atoms with van der Waals surface area (Å²) in [5, 5.41) is 8.92. The van der Waals surface area contributed by atoms with Gasteiger partial charge >= 0.3 is 0 Å². The summed E-state index contributed by atoms with van der Waals surface area (Å²) in [5.41, 5.74) is -0.199. The van der Waals surface area contributed by atoms with Gasteiger partial charge in [-0.25, -0.2) is 4.68 Å². The standard InChI is InChI=1S/C12H13ClN4O3/c1-2-5-17-12(20)10(13)8(6-14-17)15-7-3-4-9(18)16-11(7)19/h2,6-7,15H,1,3-5H2,(H,16,18,19). The number of anilines is 1. The molecular weight excluding hydrogens is 284 g/mol. The Morgan fingerprint density at radius 3 is 2.95 bits per heavy atom. The van der Waals surface area contributed by atoms with Gasteiger partial charge in [0.1, 0.15) is 11.1 Å². The summed E-state index contributed by atoms with van der Waals surface area (Å²) < 4.78 is 1.16. The number of allylic oxidation sites excluding steroid dienone is 1. The largest absolute Gasteiger partial charge is 0.371 e. The Bertz CT molecular complexity index is 626. The van der Waals surface area contributed by atoms with Gasteiger partial charge in [-0.05, 0) is 6.42 Å². The maximum Gasteiger partial charge on any atom is 0.287 e. The molecule has 20 heavy (non-hydrogen) atoms. The number of aromatic nitrogens is 2. The lowest BCUT2D eigenvalue weighted by Crippen LogP contribution is -2.47. The topological polar surface area (TPSA) is 93.1 Å². The maximum absolute atomic E-state index is 11.9. The first-order valence-corrected chi connectivity index (χ1v) is 6.37. The van der Waals surface area contributed by atoms with Gasteiger partial charge in [0.15, 0.2) is 0 Å². The van der Waals surface area contributed by atoms with E-state index in [1.54, 1.807) is 0 Å². The lowest BCUT2D eigenvalue weighted by Gasteiger charge is -2.23. The first-order valence-electron chi connectivity index (χ1n) is 5.99. The number of hydrogen-bond donors (Lipinski definition) is 2. The summed E-state index contributed by atoms with van der Waals surface area (Å²) in [4.78, 5) is 34.5. The molecule has 0 saturated carbocycles. The van der Waals surface area contributed by atoms with Crippen LogP contribution in [0.2, 0.25) is 5.02 Å². The summed E-state index contributed by atoms with van der Waals surface area (Å²) in [7, 11) is 0. The lowest BCUT2D eigenvalue weighted by atomic mass is 10.1. The highest BCUT2D eigenvalue weighted by Gasteiger charge is 2.27. The number of carbonyl (C=O) groups is 2. The van der Waals surface area contributed by atoms with Crippen LogP contribution in [-0.2, 0) is 16.1 Å². The van der Waals surface area contributed by atoms with Crippen LogP contribution < -0.4 is 16.2 Å². The highest BCUT2D eigenvalue weighted by atomic mass is 35.5. The molecule has 1 atom stereocenters. The van der Waals surface area contributed by atoms with E-state index in [0.717, 1.165) is 4.68 Å². The first-order chi connectivity index (χ1) is 9.52. The number of carbonyl (C=O) groups excluding carboxylic acids is 2. The quantitative estimate of drug-likeness (QED) is 0.616. The van der Waals surface area contributed by atoms with Gasteiger partial charge < -0.3 is 5.32 Å². The Labute approximate surface area is 119 Å². The molecule has 7 nitrogen and oxygen atoms in total. The Morgan fingerprint density at radius 1 is 1.55 bits per heavy atom. The zero-order chi connectivity index (χ0) is 14.7. The number of nitrogens with zero attached hydrogens (tertiary/aromatic N) is 2. The molecule has 2 heterocycles. The van der Waals surface area contributed by atoms with Crippen molar-refractivity contribution >= 4 is 29.1 Å². The summed E-state index contributed by atoms with van der Waals surface area (Å²) in [6.45, 7) is 3.76. The molecule has 1 fully saturated rings. The maximum atomic E-state index is 11.9. The van der Waals surface area contributed by atoms with Crippen molar-refractivity contribution in [2.24, 2.45) is 0 Å². The second-order valence-corrected chi connectivity index (χ2v) is 4.67. The molecule has 2 rings (SSSR count). The monoisotopic (exact) mass is 296 g/mol. The highest BCUT2D eigenvalue weighted by molar-refractivity contribution is 6.33. The van der Waals surface area contributed by atoms with Crippen LogP contribution in [0.5, 0.6) is 0 Å². The molecule has 1 unspecified atom stereocenters. The number of hydrogen-bond acceptors (Lipinski definition) is 5. The van der Waals surface area contributed by atoms with Crippen molar-refractivity contribution in [2.45, 2.75) is 25.4 Å². The second kappa shape index (κ2) is 5.87. The van der Waals surface area contributed by atoms with E-state index in [1.165, 1.54) is 12.3 Å². The van der Waals surface area contributed by atoms with E-state index in [4.69, 9.17) is 11.6 Å². The molecule has 0 aromatic carbocycles. The molecule has 106 valence electrons. The molecule has 1 aromatic rings. The molecule has 2 N–H and O–H groups in total. The van der Waals surface area contributed by atoms with E-state index in [2.05, 4.69) is 22.3 Å². The normalized spacial score (nSPS) is 18.6. The van der Waals surface area contributed by atoms with Crippen LogP contribution in [0.3, 0.4) is 0 Å². The molecule has 1 saturated heterocycles. The number of halogens is 1. The van der Waals surface area contributed by atoms with Gasteiger partial charge in [-0.15, -0.1) is 6.58 Å². The molecule has 0 spiro atoms. The minimum atomic E-state index is -0.610. The van der Waals surface area contributed by atoms with Crippen molar-refractivity contribution in [3.63, 3.8) is 0 Å². The summed E-state index contributed by atoms with van der Waals surface area (Å²) in [6, 6.07) is -0.610. The minimum Gasteiger partial charge on any atom is -0.371 e. The average molecular weight is 297 g/mol. The van der Waals surface area contributed by atoms with Crippen LogP contribution in [0, 0.1) is 0 Å². The molecule has 1 aliphatic rings. The van der Waals surface area contributed by atoms with Crippen molar-refractivity contribution in [1.29, 1.82) is 0 Å². The van der Waals surface area contributed by atoms with Gasteiger partial charge in [0.05, 0.1) is 18.4 Å². The molecule has 0 aliphatic carbocycles. The molecule has 1 aliphatic heterocycles. The molecule has 2 amide bonds. The highest BCUT2D eigenvalue weighted by Crippen LogP contribution is 2.19. The zero-order valence-corrected chi connectivity index (χ0v) is 11.3. The molecular formula is C12H13ClN4O3. The van der Waals surface area contributed by atoms with E-state index in [-0.39, 0.29) is 29.6 Å². The summed E-state index contributed by atoms with van der Waals surface area (Å²) >= 11 is 5.96. The van der Waals surface area contributed by atoms with E-state index in [0.29, 0.717) is 6.42 Å².